The second kappa shape index (κ2) is 6.79. The fourth-order valence-corrected chi connectivity index (χ4v) is 3.63. The second-order valence-electron chi connectivity index (χ2n) is 6.73. The highest BCUT2D eigenvalue weighted by Gasteiger charge is 2.23. The minimum Gasteiger partial charge on any atom is -0.354 e. The molecule has 0 spiro atoms. The quantitative estimate of drug-likeness (QED) is 0.921. The van der Waals surface area contributed by atoms with Gasteiger partial charge in [0, 0.05) is 50.7 Å². The average molecular weight is 291 g/mol. The molecule has 0 amide bonds. The number of nitrogens with zero attached hydrogens (tertiary/aromatic N) is 4. The molecule has 2 aliphatic rings. The number of anilines is 1. The van der Waals surface area contributed by atoms with E-state index >= 15 is 0 Å². The lowest BCUT2D eigenvalue weighted by molar-refractivity contribution is 0.121. The van der Waals surface area contributed by atoms with Gasteiger partial charge in [-0.2, -0.15) is 0 Å². The molecule has 1 atom stereocenters. The summed E-state index contributed by atoms with van der Waals surface area (Å²) < 4.78 is 2.37. The zero-order valence-corrected chi connectivity index (χ0v) is 13.5. The summed E-state index contributed by atoms with van der Waals surface area (Å²) in [6.45, 7) is 4.43. The third-order valence-corrected chi connectivity index (χ3v) is 5.11. The number of aromatic nitrogens is 2. The number of nitrogens with one attached hydrogen (secondary N) is 1. The molecule has 2 heterocycles. The van der Waals surface area contributed by atoms with Gasteiger partial charge in [-0.1, -0.05) is 19.3 Å². The fraction of sp³-hybridized carbons (Fsp3) is 0.812. The van der Waals surface area contributed by atoms with Gasteiger partial charge < -0.3 is 14.8 Å². The fourth-order valence-electron chi connectivity index (χ4n) is 3.63. The third kappa shape index (κ3) is 3.58. The molecule has 0 aromatic carbocycles. The zero-order valence-electron chi connectivity index (χ0n) is 13.5. The maximum Gasteiger partial charge on any atom is 0.203 e. The van der Waals surface area contributed by atoms with Gasteiger partial charge in [0.15, 0.2) is 0 Å². The van der Waals surface area contributed by atoms with Crippen LogP contribution in [0, 0.1) is 0 Å². The van der Waals surface area contributed by atoms with E-state index in [1.165, 1.54) is 38.6 Å². The molecule has 0 bridgehead atoms. The number of hydrogen-bond acceptors (Lipinski definition) is 4. The van der Waals surface area contributed by atoms with Crippen LogP contribution in [0.25, 0.3) is 0 Å². The summed E-state index contributed by atoms with van der Waals surface area (Å²) in [7, 11) is 4.44. The van der Waals surface area contributed by atoms with E-state index in [1.54, 1.807) is 0 Å². The van der Waals surface area contributed by atoms with Crippen LogP contribution in [0.15, 0.2) is 12.4 Å². The summed E-state index contributed by atoms with van der Waals surface area (Å²) in [5.41, 5.74) is 0. The number of likely N-dealkylation sites (N-methyl/N-ethyl adjacent to an activating group) is 2. The van der Waals surface area contributed by atoms with Crippen molar-refractivity contribution in [2.75, 3.05) is 45.6 Å². The zero-order chi connectivity index (χ0) is 14.7. The molecule has 1 aliphatic carbocycles. The van der Waals surface area contributed by atoms with E-state index in [-0.39, 0.29) is 0 Å². The first-order valence-electron chi connectivity index (χ1n) is 8.39. The van der Waals surface area contributed by atoms with Crippen molar-refractivity contribution in [2.24, 2.45) is 0 Å². The number of hydrogen-bond donors (Lipinski definition) is 1. The molecule has 3 rings (SSSR count). The highest BCUT2D eigenvalue weighted by atomic mass is 15.3. The van der Waals surface area contributed by atoms with Gasteiger partial charge >= 0.3 is 0 Å². The Morgan fingerprint density at radius 1 is 1.19 bits per heavy atom. The molecule has 1 unspecified atom stereocenters. The van der Waals surface area contributed by atoms with Crippen molar-refractivity contribution in [3.8, 4) is 0 Å². The van der Waals surface area contributed by atoms with Gasteiger partial charge in [-0.25, -0.2) is 4.98 Å². The first-order valence-corrected chi connectivity index (χ1v) is 8.39. The molecule has 1 aliphatic heterocycles. The Hall–Kier alpha value is -1.07. The van der Waals surface area contributed by atoms with Crippen molar-refractivity contribution >= 4 is 5.95 Å². The molecule has 118 valence electrons. The largest absolute Gasteiger partial charge is 0.354 e. The van der Waals surface area contributed by atoms with E-state index in [4.69, 9.17) is 0 Å². The summed E-state index contributed by atoms with van der Waals surface area (Å²) in [5.74, 6) is 1.06. The molecule has 21 heavy (non-hydrogen) atoms. The van der Waals surface area contributed by atoms with Crippen LogP contribution in [0.4, 0.5) is 5.95 Å². The van der Waals surface area contributed by atoms with Crippen LogP contribution in [0.3, 0.4) is 0 Å². The Morgan fingerprint density at radius 2 is 2.00 bits per heavy atom. The second-order valence-corrected chi connectivity index (χ2v) is 6.73. The molecular formula is C16H29N5. The first kappa shape index (κ1) is 14.9. The Kier molecular flexibility index (Phi) is 4.80. The summed E-state index contributed by atoms with van der Waals surface area (Å²) >= 11 is 0. The van der Waals surface area contributed by atoms with Crippen molar-refractivity contribution in [3.05, 3.63) is 12.4 Å². The third-order valence-electron chi connectivity index (χ3n) is 5.11. The van der Waals surface area contributed by atoms with Crippen molar-refractivity contribution in [2.45, 2.75) is 44.2 Å². The maximum absolute atomic E-state index is 4.54. The van der Waals surface area contributed by atoms with Gasteiger partial charge in [-0.15, -0.1) is 0 Å². The van der Waals surface area contributed by atoms with Crippen LogP contribution in [0.1, 0.15) is 38.1 Å². The standard InChI is InChI=1S/C16H29N5/c1-19-10-11-20(2)15(13-19)12-18-16-17-8-9-21(16)14-6-4-3-5-7-14/h8-9,14-15H,3-7,10-13H2,1-2H3,(H,17,18). The first-order chi connectivity index (χ1) is 10.2. The molecule has 1 aromatic heterocycles. The minimum absolute atomic E-state index is 0.570. The Morgan fingerprint density at radius 3 is 2.81 bits per heavy atom. The average Bonchev–Trinajstić information content (AvgIpc) is 2.97. The molecule has 5 heteroatoms. The lowest BCUT2D eigenvalue weighted by Crippen LogP contribution is -2.52. The van der Waals surface area contributed by atoms with Gasteiger partial charge in [0.05, 0.1) is 0 Å². The van der Waals surface area contributed by atoms with Crippen LogP contribution in [0.5, 0.6) is 0 Å². The van der Waals surface area contributed by atoms with Crippen LogP contribution >= 0.6 is 0 Å². The van der Waals surface area contributed by atoms with E-state index in [1.807, 2.05) is 6.20 Å². The summed E-state index contributed by atoms with van der Waals surface area (Å²) in [6.07, 6.45) is 10.8. The molecule has 1 saturated heterocycles. The Balaban J connectivity index is 1.59. The number of imidazole rings is 1. The molecular weight excluding hydrogens is 262 g/mol. The van der Waals surface area contributed by atoms with E-state index in [2.05, 4.69) is 45.0 Å². The summed E-state index contributed by atoms with van der Waals surface area (Å²) in [5, 5.41) is 3.59. The van der Waals surface area contributed by atoms with E-state index in [0.29, 0.717) is 12.1 Å². The maximum atomic E-state index is 4.54. The smallest absolute Gasteiger partial charge is 0.203 e. The van der Waals surface area contributed by atoms with Gasteiger partial charge in [0.25, 0.3) is 0 Å². The van der Waals surface area contributed by atoms with Crippen molar-refractivity contribution < 1.29 is 0 Å². The van der Waals surface area contributed by atoms with Crippen LogP contribution in [-0.2, 0) is 0 Å². The SMILES string of the molecule is CN1CCN(C)C(CNc2nccn2C2CCCCC2)C1. The highest BCUT2D eigenvalue weighted by molar-refractivity contribution is 5.27. The van der Waals surface area contributed by atoms with Gasteiger partial charge in [-0.3, -0.25) is 4.90 Å². The van der Waals surface area contributed by atoms with Crippen LogP contribution in [0.2, 0.25) is 0 Å². The topological polar surface area (TPSA) is 36.3 Å². The molecule has 1 aromatic rings. The van der Waals surface area contributed by atoms with Crippen molar-refractivity contribution in [1.29, 1.82) is 0 Å². The lowest BCUT2D eigenvalue weighted by atomic mass is 9.95. The van der Waals surface area contributed by atoms with E-state index < -0.39 is 0 Å². The van der Waals surface area contributed by atoms with Crippen LogP contribution < -0.4 is 5.32 Å². The number of piperazine rings is 1. The minimum atomic E-state index is 0.570. The predicted octanol–water partition coefficient (Wildman–Crippen LogP) is 2.05. The monoisotopic (exact) mass is 291 g/mol. The van der Waals surface area contributed by atoms with Crippen molar-refractivity contribution in [3.63, 3.8) is 0 Å². The molecule has 5 nitrogen and oxygen atoms in total. The molecule has 2 fully saturated rings. The van der Waals surface area contributed by atoms with E-state index in [0.717, 1.165) is 25.6 Å². The van der Waals surface area contributed by atoms with Gasteiger partial charge in [0.1, 0.15) is 0 Å². The van der Waals surface area contributed by atoms with E-state index in [9.17, 15) is 0 Å². The lowest BCUT2D eigenvalue weighted by Gasteiger charge is -2.38. The van der Waals surface area contributed by atoms with Gasteiger partial charge in [0.2, 0.25) is 5.95 Å². The molecule has 0 radical (unpaired) electrons. The van der Waals surface area contributed by atoms with Gasteiger partial charge in [-0.05, 0) is 26.9 Å². The van der Waals surface area contributed by atoms with Crippen LogP contribution in [-0.4, -0.2) is 65.7 Å². The highest BCUT2D eigenvalue weighted by Crippen LogP contribution is 2.30. The Labute approximate surface area is 128 Å². The molecule has 1 saturated carbocycles. The summed E-state index contributed by atoms with van der Waals surface area (Å²) in [4.78, 5) is 9.42. The summed E-state index contributed by atoms with van der Waals surface area (Å²) in [6, 6.07) is 1.22. The predicted molar refractivity (Wildman–Crippen MR) is 86.8 cm³/mol. The van der Waals surface area contributed by atoms with Crippen molar-refractivity contribution in [1.82, 2.24) is 19.4 Å². The normalized spacial score (nSPS) is 26.1. The Bertz CT molecular complexity index is 438. The molecule has 1 N–H and O–H groups in total. The number of rotatable bonds is 4.